The van der Waals surface area contributed by atoms with Crippen molar-refractivity contribution in [2.75, 3.05) is 0 Å². The van der Waals surface area contributed by atoms with Crippen molar-refractivity contribution in [2.45, 2.75) is 37.5 Å². The van der Waals surface area contributed by atoms with Gasteiger partial charge in [-0.1, -0.05) is 0 Å². The van der Waals surface area contributed by atoms with Gasteiger partial charge in [-0.05, 0) is 48.6 Å². The summed E-state index contributed by atoms with van der Waals surface area (Å²) in [6, 6.07) is 0. The number of pyridine rings is 1. The van der Waals surface area contributed by atoms with Crippen molar-refractivity contribution in [3.63, 3.8) is 0 Å². The van der Waals surface area contributed by atoms with Gasteiger partial charge in [-0.3, -0.25) is 4.79 Å². The molecule has 3 aromatic rings. The van der Waals surface area contributed by atoms with Crippen LogP contribution in [0.1, 0.15) is 48.6 Å². The van der Waals surface area contributed by atoms with Crippen LogP contribution in [0.4, 0.5) is 0 Å². The van der Waals surface area contributed by atoms with E-state index >= 15 is 0 Å². The second kappa shape index (κ2) is 4.75. The Morgan fingerprint density at radius 1 is 0.731 bits per heavy atom. The third-order valence-corrected chi connectivity index (χ3v) is 6.10. The molecule has 7 nitrogen and oxygen atoms in total. The van der Waals surface area contributed by atoms with Crippen LogP contribution in [0.25, 0.3) is 21.7 Å². The van der Waals surface area contributed by atoms with Gasteiger partial charge in [0.15, 0.2) is 23.0 Å². The third kappa shape index (κ3) is 1.60. The molecule has 1 aromatic heterocycles. The molecule has 26 heavy (non-hydrogen) atoms. The molecule has 1 fully saturated rings. The summed E-state index contributed by atoms with van der Waals surface area (Å²) in [5, 5.41) is 51.4. The molecule has 0 atom stereocenters. The number of aromatic amines is 1. The summed E-state index contributed by atoms with van der Waals surface area (Å²) in [7, 11) is 0. The highest BCUT2D eigenvalue weighted by molar-refractivity contribution is 6.17. The zero-order valence-electron chi connectivity index (χ0n) is 13.7. The first-order chi connectivity index (χ1) is 12.4. The second-order valence-corrected chi connectivity index (χ2v) is 7.28. The van der Waals surface area contributed by atoms with Gasteiger partial charge >= 0.3 is 0 Å². The van der Waals surface area contributed by atoms with Gasteiger partial charge in [0.25, 0.3) is 5.43 Å². The minimum Gasteiger partial charge on any atom is -0.504 e. The molecule has 6 rings (SSSR count). The van der Waals surface area contributed by atoms with E-state index in [1.165, 1.54) is 0 Å². The van der Waals surface area contributed by atoms with E-state index < -0.39 is 34.2 Å². The first kappa shape index (κ1) is 15.2. The second-order valence-electron chi connectivity index (χ2n) is 7.28. The zero-order valence-corrected chi connectivity index (χ0v) is 13.7. The Labute approximate surface area is 146 Å². The molecule has 1 heterocycles. The molecule has 0 unspecified atom stereocenters. The Hall–Kier alpha value is -3.09. The fourth-order valence-electron chi connectivity index (χ4n) is 4.89. The molecular weight excluding hydrogens is 338 g/mol. The van der Waals surface area contributed by atoms with Crippen molar-refractivity contribution in [3.8, 4) is 28.7 Å². The third-order valence-electron chi connectivity index (χ3n) is 6.10. The highest BCUT2D eigenvalue weighted by Crippen LogP contribution is 2.56. The molecule has 2 aromatic carbocycles. The van der Waals surface area contributed by atoms with Gasteiger partial charge in [0.05, 0.1) is 16.3 Å². The minimum atomic E-state index is -1.21. The lowest BCUT2D eigenvalue weighted by atomic mass is 9.66. The fraction of sp³-hybridized carbons (Fsp3) is 0.316. The van der Waals surface area contributed by atoms with Crippen molar-refractivity contribution >= 4 is 21.7 Å². The number of hydrogen-bond donors (Lipinski definition) is 6. The van der Waals surface area contributed by atoms with Crippen LogP contribution in [-0.2, 0) is 0 Å². The predicted molar refractivity (Wildman–Crippen MR) is 94.3 cm³/mol. The Kier molecular flexibility index (Phi) is 2.77. The van der Waals surface area contributed by atoms with Gasteiger partial charge < -0.3 is 30.5 Å². The summed E-state index contributed by atoms with van der Waals surface area (Å²) in [5.41, 5.74) is 1.08. The van der Waals surface area contributed by atoms with Crippen molar-refractivity contribution in [3.05, 3.63) is 27.5 Å². The maximum absolute atomic E-state index is 11.9. The van der Waals surface area contributed by atoms with Crippen LogP contribution < -0.4 is 5.43 Å². The van der Waals surface area contributed by atoms with Gasteiger partial charge in [-0.15, -0.1) is 0 Å². The molecule has 0 spiro atoms. The van der Waals surface area contributed by atoms with E-state index in [2.05, 4.69) is 4.98 Å². The highest BCUT2D eigenvalue weighted by atomic mass is 16.3. The first-order valence-electron chi connectivity index (χ1n) is 8.61. The lowest BCUT2D eigenvalue weighted by Crippen LogP contribution is -2.22. The summed E-state index contributed by atoms with van der Waals surface area (Å²) in [5.74, 6) is -3.15. The number of benzene rings is 2. The van der Waals surface area contributed by atoms with E-state index in [0.29, 0.717) is 11.3 Å². The standard InChI is InChI=1S/C19H17NO6/c21-14-10-9-7-3-1-6(2-4-7)8(9)5-20-13(10)11-12(16(14)23)17(24)19(26)18(25)15(11)22/h5-7,20-25H,1-4H2. The molecule has 6 N–H and O–H groups in total. The van der Waals surface area contributed by atoms with Gasteiger partial charge in [0, 0.05) is 11.6 Å². The number of phenolic OH excluding ortho intramolecular Hbond substituents is 5. The van der Waals surface area contributed by atoms with Gasteiger partial charge in [-0.25, -0.2) is 0 Å². The molecule has 3 aliphatic carbocycles. The minimum absolute atomic E-state index is 0.0888. The Morgan fingerprint density at radius 3 is 2.00 bits per heavy atom. The Balaban J connectivity index is 2.07. The van der Waals surface area contributed by atoms with Crippen molar-refractivity contribution in [1.29, 1.82) is 0 Å². The summed E-state index contributed by atoms with van der Waals surface area (Å²) in [6.07, 6.45) is 5.93. The average Bonchev–Trinajstić information content (AvgIpc) is 2.67. The van der Waals surface area contributed by atoms with E-state index in [1.54, 1.807) is 0 Å². The van der Waals surface area contributed by atoms with E-state index in [4.69, 9.17) is 0 Å². The first-order valence-corrected chi connectivity index (χ1v) is 8.61. The molecule has 0 amide bonds. The van der Waals surface area contributed by atoms with Crippen LogP contribution in [0.5, 0.6) is 28.7 Å². The lowest BCUT2D eigenvalue weighted by Gasteiger charge is -2.39. The van der Waals surface area contributed by atoms with Crippen LogP contribution in [0.15, 0.2) is 11.0 Å². The van der Waals surface area contributed by atoms with Crippen LogP contribution >= 0.6 is 0 Å². The van der Waals surface area contributed by atoms with Crippen molar-refractivity contribution in [2.24, 2.45) is 0 Å². The van der Waals surface area contributed by atoms with Crippen LogP contribution in [-0.4, -0.2) is 30.5 Å². The zero-order chi connectivity index (χ0) is 18.3. The van der Waals surface area contributed by atoms with Crippen molar-refractivity contribution < 1.29 is 25.5 Å². The maximum Gasteiger partial charge on any atom is 0.266 e. The molecule has 0 radical (unpaired) electrons. The quantitative estimate of drug-likeness (QED) is 0.209. The van der Waals surface area contributed by atoms with Gasteiger partial charge in [0.2, 0.25) is 5.75 Å². The largest absolute Gasteiger partial charge is 0.504 e. The summed E-state index contributed by atoms with van der Waals surface area (Å²) >= 11 is 0. The van der Waals surface area contributed by atoms with Crippen molar-refractivity contribution in [1.82, 2.24) is 4.98 Å². The Morgan fingerprint density at radius 2 is 1.31 bits per heavy atom. The number of nitrogens with one attached hydrogen (secondary N) is 1. The van der Waals surface area contributed by atoms with E-state index in [1.807, 2.05) is 6.20 Å². The smallest absolute Gasteiger partial charge is 0.266 e. The number of fused-ring (bicyclic) bond motifs is 5. The number of aromatic nitrogens is 1. The van der Waals surface area contributed by atoms with Crippen LogP contribution in [0.3, 0.4) is 0 Å². The number of hydrogen-bond acceptors (Lipinski definition) is 6. The van der Waals surface area contributed by atoms with Crippen LogP contribution in [0.2, 0.25) is 0 Å². The molecule has 0 saturated heterocycles. The number of phenols is 5. The number of H-pyrrole nitrogens is 1. The predicted octanol–water partition coefficient (Wildman–Crippen LogP) is 2.96. The molecule has 2 bridgehead atoms. The summed E-state index contributed by atoms with van der Waals surface area (Å²) in [6.45, 7) is 0. The van der Waals surface area contributed by atoms with Crippen LogP contribution in [0, 0.1) is 0 Å². The van der Waals surface area contributed by atoms with E-state index in [-0.39, 0.29) is 22.2 Å². The molecule has 0 aliphatic heterocycles. The summed E-state index contributed by atoms with van der Waals surface area (Å²) in [4.78, 5) is 14.9. The molecule has 3 aliphatic rings. The van der Waals surface area contributed by atoms with Gasteiger partial charge in [-0.2, -0.15) is 0 Å². The number of rotatable bonds is 0. The highest BCUT2D eigenvalue weighted by Gasteiger charge is 2.36. The number of aromatic hydroxyl groups is 5. The molecular formula is C19H17NO6. The monoisotopic (exact) mass is 355 g/mol. The SMILES string of the molecule is O=c1c(O)c(O)c2c(c(O)c(O)c3c4c(c[nH]c32)C2CCC4CC2)c1O. The maximum atomic E-state index is 11.9. The topological polar surface area (TPSA) is 134 Å². The van der Waals surface area contributed by atoms with Gasteiger partial charge in [0.1, 0.15) is 0 Å². The Bertz CT molecular complexity index is 1170. The molecule has 7 heteroatoms. The summed E-state index contributed by atoms with van der Waals surface area (Å²) < 4.78 is 0. The van der Waals surface area contributed by atoms with E-state index in [0.717, 1.165) is 36.8 Å². The molecule has 1 saturated carbocycles. The molecule has 134 valence electrons. The fourth-order valence-corrected chi connectivity index (χ4v) is 4.89. The van der Waals surface area contributed by atoms with E-state index in [9.17, 15) is 30.3 Å². The normalized spacial score (nSPS) is 21.4. The lowest BCUT2D eigenvalue weighted by molar-refractivity contribution is 0.358. The average molecular weight is 355 g/mol.